The van der Waals surface area contributed by atoms with Crippen molar-refractivity contribution in [2.75, 3.05) is 0 Å². The number of carbonyl (C=O) groups is 2. The fraction of sp³-hybridized carbons (Fsp3) is 0.348. The van der Waals surface area contributed by atoms with Gasteiger partial charge in [-0.1, -0.05) is 63.3 Å². The van der Waals surface area contributed by atoms with Gasteiger partial charge in [0.05, 0.1) is 0 Å². The molecule has 0 unspecified atom stereocenters. The van der Waals surface area contributed by atoms with Crippen LogP contribution < -0.4 is 4.57 Å². The van der Waals surface area contributed by atoms with Crippen molar-refractivity contribution in [3.05, 3.63) is 65.5 Å². The molecular weight excluding hydrogens is 338 g/mol. The topological polar surface area (TPSA) is 58.2 Å². The van der Waals surface area contributed by atoms with Crippen molar-refractivity contribution >= 4 is 23.0 Å². The highest BCUT2D eigenvalue weighted by molar-refractivity contribution is 6.59. The normalized spacial score (nSPS) is 13.8. The molecule has 0 radical (unpaired) electrons. The fourth-order valence-corrected chi connectivity index (χ4v) is 3.47. The van der Waals surface area contributed by atoms with Gasteiger partial charge in [-0.2, -0.15) is 4.57 Å². The molecule has 0 bridgehead atoms. The maximum absolute atomic E-state index is 12.5. The van der Waals surface area contributed by atoms with Crippen molar-refractivity contribution < 1.29 is 19.3 Å². The first-order valence-corrected chi connectivity index (χ1v) is 9.75. The Labute approximate surface area is 160 Å². The summed E-state index contributed by atoms with van der Waals surface area (Å²) in [6, 6.07) is 10.5. The van der Waals surface area contributed by atoms with E-state index >= 15 is 0 Å². The number of ketones is 2. The lowest BCUT2D eigenvalue weighted by molar-refractivity contribution is -0.577. The third-order valence-corrected chi connectivity index (χ3v) is 5.05. The highest BCUT2D eigenvalue weighted by atomic mass is 16.3. The van der Waals surface area contributed by atoms with Crippen molar-refractivity contribution in [1.29, 1.82) is 0 Å². The first kappa shape index (κ1) is 19.0. The molecule has 1 aromatic heterocycles. The summed E-state index contributed by atoms with van der Waals surface area (Å²) in [6.07, 6.45) is 12.0. The second kappa shape index (κ2) is 8.76. The number of nitrogens with zero attached hydrogens (tertiary/aromatic N) is 1. The lowest BCUT2D eigenvalue weighted by Crippen LogP contribution is -2.41. The molecule has 4 heteroatoms. The number of aryl methyl sites for hydroxylation is 1. The third-order valence-electron chi connectivity index (χ3n) is 5.05. The van der Waals surface area contributed by atoms with Gasteiger partial charge in [0.15, 0.2) is 12.4 Å². The summed E-state index contributed by atoms with van der Waals surface area (Å²) < 4.78 is 1.54. The minimum Gasteiger partial charge on any atom is -0.502 e. The van der Waals surface area contributed by atoms with Gasteiger partial charge in [0.1, 0.15) is 0 Å². The smallest absolute Gasteiger partial charge is 0.305 e. The molecule has 0 spiro atoms. The molecule has 2 aromatic rings. The number of aliphatic hydroxyl groups excluding tert-OH is 1. The molecule has 27 heavy (non-hydrogen) atoms. The van der Waals surface area contributed by atoms with Crippen molar-refractivity contribution in [1.82, 2.24) is 0 Å². The number of benzene rings is 1. The second-order valence-electron chi connectivity index (χ2n) is 7.03. The zero-order chi connectivity index (χ0) is 19.2. The van der Waals surface area contributed by atoms with Gasteiger partial charge in [0, 0.05) is 23.3 Å². The van der Waals surface area contributed by atoms with Gasteiger partial charge in [-0.3, -0.25) is 9.59 Å². The quantitative estimate of drug-likeness (QED) is 0.425. The largest absolute Gasteiger partial charge is 0.502 e. The second-order valence-corrected chi connectivity index (χ2v) is 7.03. The maximum atomic E-state index is 12.5. The van der Waals surface area contributed by atoms with Crippen molar-refractivity contribution in [2.45, 2.75) is 51.9 Å². The molecule has 1 N–H and O–H groups in total. The van der Waals surface area contributed by atoms with E-state index in [4.69, 9.17) is 0 Å². The lowest BCUT2D eigenvalue weighted by atomic mass is 9.91. The van der Waals surface area contributed by atoms with Crippen LogP contribution in [0.3, 0.4) is 0 Å². The number of unbranched alkanes of at least 4 members (excludes halogenated alkanes) is 5. The van der Waals surface area contributed by atoms with E-state index in [-0.39, 0.29) is 17.0 Å². The molecule has 1 aliphatic carbocycles. The molecule has 0 fully saturated rings. The first-order valence-electron chi connectivity index (χ1n) is 9.75. The van der Waals surface area contributed by atoms with Crippen LogP contribution in [0, 0.1) is 0 Å². The number of hydrogen-bond donors (Lipinski definition) is 1. The highest BCUT2D eigenvalue weighted by Gasteiger charge is 2.39. The van der Waals surface area contributed by atoms with Gasteiger partial charge in [0.25, 0.3) is 0 Å². The molecule has 1 aromatic carbocycles. The van der Waals surface area contributed by atoms with Crippen LogP contribution in [0.2, 0.25) is 0 Å². The van der Waals surface area contributed by atoms with Gasteiger partial charge in [-0.05, 0) is 18.4 Å². The molecule has 0 saturated heterocycles. The summed E-state index contributed by atoms with van der Waals surface area (Å²) >= 11 is 0. The number of rotatable bonds is 8. The Kier molecular flexibility index (Phi) is 6.17. The zero-order valence-corrected chi connectivity index (χ0v) is 15.8. The summed E-state index contributed by atoms with van der Waals surface area (Å²) in [5.41, 5.74) is 1.87. The van der Waals surface area contributed by atoms with Crippen LogP contribution in [0.1, 0.15) is 66.9 Å². The Morgan fingerprint density at radius 1 is 0.815 bits per heavy atom. The van der Waals surface area contributed by atoms with E-state index in [2.05, 4.69) is 6.92 Å². The molecule has 1 heterocycles. The van der Waals surface area contributed by atoms with Gasteiger partial charge in [-0.25, -0.2) is 0 Å². The summed E-state index contributed by atoms with van der Waals surface area (Å²) in [5.74, 6) is -1.41. The van der Waals surface area contributed by atoms with Crippen LogP contribution in [-0.2, 0) is 11.2 Å². The number of hydrogen-bond acceptors (Lipinski definition) is 3. The fourth-order valence-electron chi connectivity index (χ4n) is 3.47. The Balaban J connectivity index is 1.73. The Morgan fingerprint density at radius 2 is 1.44 bits per heavy atom. The van der Waals surface area contributed by atoms with Crippen LogP contribution in [0.15, 0.2) is 48.8 Å². The molecule has 1 aliphatic rings. The van der Waals surface area contributed by atoms with E-state index in [1.54, 1.807) is 36.7 Å². The number of aromatic nitrogens is 1. The molecular formula is C23H26NO3+. The SMILES string of the molecule is CCCCCCCCc1cc[n+](C2=C(O)c3ccccc3C(=O)C2=O)cc1. The van der Waals surface area contributed by atoms with Crippen molar-refractivity contribution in [2.24, 2.45) is 0 Å². The van der Waals surface area contributed by atoms with E-state index < -0.39 is 11.6 Å². The minimum absolute atomic E-state index is 0.0183. The van der Waals surface area contributed by atoms with Crippen LogP contribution in [0.4, 0.5) is 0 Å². The van der Waals surface area contributed by atoms with Crippen LogP contribution >= 0.6 is 0 Å². The average molecular weight is 364 g/mol. The highest BCUT2D eigenvalue weighted by Crippen LogP contribution is 2.27. The Hall–Kier alpha value is -2.75. The van der Waals surface area contributed by atoms with Crippen molar-refractivity contribution in [3.8, 4) is 0 Å². The summed E-state index contributed by atoms with van der Waals surface area (Å²) in [4.78, 5) is 24.8. The molecule has 0 amide bonds. The molecule has 140 valence electrons. The predicted octanol–water partition coefficient (Wildman–Crippen LogP) is 4.53. The van der Waals surface area contributed by atoms with Gasteiger partial charge < -0.3 is 5.11 Å². The zero-order valence-electron chi connectivity index (χ0n) is 15.8. The summed E-state index contributed by atoms with van der Waals surface area (Å²) in [6.45, 7) is 2.22. The van der Waals surface area contributed by atoms with Crippen LogP contribution in [0.25, 0.3) is 11.5 Å². The predicted molar refractivity (Wildman–Crippen MR) is 105 cm³/mol. The first-order chi connectivity index (χ1) is 13.1. The number of Topliss-reactive ketones (excluding diaryl/α,β-unsaturated/α-hetero) is 2. The Morgan fingerprint density at radius 3 is 2.15 bits per heavy atom. The van der Waals surface area contributed by atoms with Crippen molar-refractivity contribution in [3.63, 3.8) is 0 Å². The van der Waals surface area contributed by atoms with Gasteiger partial charge in [-0.15, -0.1) is 0 Å². The summed E-state index contributed by atoms with van der Waals surface area (Å²) in [5, 5.41) is 10.6. The van der Waals surface area contributed by atoms with E-state index in [0.717, 1.165) is 12.8 Å². The van der Waals surface area contributed by atoms with Crippen LogP contribution in [-0.4, -0.2) is 16.7 Å². The maximum Gasteiger partial charge on any atom is 0.305 e. The van der Waals surface area contributed by atoms with E-state index in [1.165, 1.54) is 42.2 Å². The monoisotopic (exact) mass is 364 g/mol. The molecule has 0 saturated carbocycles. The van der Waals surface area contributed by atoms with Crippen LogP contribution in [0.5, 0.6) is 0 Å². The summed E-state index contributed by atoms with van der Waals surface area (Å²) in [7, 11) is 0. The average Bonchev–Trinajstić information content (AvgIpc) is 2.70. The van der Waals surface area contributed by atoms with E-state index in [9.17, 15) is 14.7 Å². The Bertz CT molecular complexity index is 865. The number of carbonyl (C=O) groups excluding carboxylic acids is 2. The minimum atomic E-state index is -0.681. The van der Waals surface area contributed by atoms with E-state index in [1.807, 2.05) is 12.1 Å². The molecule has 3 rings (SSSR count). The molecule has 0 aliphatic heterocycles. The lowest BCUT2D eigenvalue weighted by Gasteiger charge is -2.13. The van der Waals surface area contributed by atoms with Gasteiger partial charge in [0.2, 0.25) is 11.5 Å². The molecule has 0 atom stereocenters. The third kappa shape index (κ3) is 4.16. The van der Waals surface area contributed by atoms with E-state index in [0.29, 0.717) is 5.56 Å². The number of pyridine rings is 1. The number of allylic oxidation sites excluding steroid dienone is 1. The van der Waals surface area contributed by atoms with Gasteiger partial charge >= 0.3 is 11.5 Å². The standard InChI is InChI=1S/C23H25NO3/c1-2-3-4-5-6-7-10-17-13-15-24(16-14-17)20-21(25)18-11-8-9-12-19(18)22(26)23(20)27/h8-9,11-16H,2-7,10H2,1H3/p+1. The number of fused-ring (bicyclic) bond motifs is 1. The number of aliphatic hydroxyl groups is 1. The molecule has 4 nitrogen and oxygen atoms in total.